The zero-order chi connectivity index (χ0) is 13.3. The van der Waals surface area contributed by atoms with E-state index in [2.05, 4.69) is 12.2 Å². The molecule has 2 nitrogen and oxygen atoms in total. The van der Waals surface area contributed by atoms with Crippen molar-refractivity contribution in [1.29, 1.82) is 0 Å². The predicted octanol–water partition coefficient (Wildman–Crippen LogP) is 3.75. The van der Waals surface area contributed by atoms with Gasteiger partial charge in [0.25, 0.3) is 0 Å². The highest BCUT2D eigenvalue weighted by Crippen LogP contribution is 2.51. The standard InChI is InChI=1S/C17H31NO/c1-3-9-18-16(17(19-2)7-4-8-17)12-15-11-13-5-6-14(15)10-13/h13-16,18H,3-12H2,1-2H3. The minimum atomic E-state index is 0.178. The van der Waals surface area contributed by atoms with Gasteiger partial charge in [-0.3, -0.25) is 0 Å². The van der Waals surface area contributed by atoms with Gasteiger partial charge in [0.05, 0.1) is 5.60 Å². The van der Waals surface area contributed by atoms with Crippen molar-refractivity contribution in [3.63, 3.8) is 0 Å². The lowest BCUT2D eigenvalue weighted by Crippen LogP contribution is -2.57. The van der Waals surface area contributed by atoms with E-state index in [0.717, 1.165) is 24.3 Å². The van der Waals surface area contributed by atoms with E-state index in [-0.39, 0.29) is 5.60 Å². The van der Waals surface area contributed by atoms with E-state index >= 15 is 0 Å². The molecule has 4 atom stereocenters. The van der Waals surface area contributed by atoms with Crippen LogP contribution in [0.3, 0.4) is 0 Å². The SMILES string of the molecule is CCCNC(CC1CC2CCC1C2)C1(OC)CCC1. The summed E-state index contributed by atoms with van der Waals surface area (Å²) in [5, 5.41) is 3.82. The molecule has 0 radical (unpaired) electrons. The molecular weight excluding hydrogens is 234 g/mol. The second-order valence-corrected chi connectivity index (χ2v) is 7.30. The van der Waals surface area contributed by atoms with Crippen LogP contribution in [0, 0.1) is 17.8 Å². The van der Waals surface area contributed by atoms with Gasteiger partial charge in [-0.15, -0.1) is 0 Å². The third-order valence-corrected chi connectivity index (χ3v) is 6.31. The minimum absolute atomic E-state index is 0.178. The molecule has 4 unspecified atom stereocenters. The molecular formula is C17H31NO. The molecule has 0 aromatic rings. The van der Waals surface area contributed by atoms with Gasteiger partial charge in [-0.1, -0.05) is 13.3 Å². The molecule has 2 bridgehead atoms. The van der Waals surface area contributed by atoms with Gasteiger partial charge < -0.3 is 10.1 Å². The lowest BCUT2D eigenvalue weighted by Gasteiger charge is -2.48. The van der Waals surface area contributed by atoms with Crippen LogP contribution in [0.5, 0.6) is 0 Å². The largest absolute Gasteiger partial charge is 0.377 e. The van der Waals surface area contributed by atoms with Crippen LogP contribution < -0.4 is 5.32 Å². The Morgan fingerprint density at radius 1 is 1.26 bits per heavy atom. The van der Waals surface area contributed by atoms with Crippen molar-refractivity contribution in [2.75, 3.05) is 13.7 Å². The summed E-state index contributed by atoms with van der Waals surface area (Å²) in [4.78, 5) is 0. The Morgan fingerprint density at radius 2 is 2.11 bits per heavy atom. The number of ether oxygens (including phenoxy) is 1. The number of nitrogens with one attached hydrogen (secondary N) is 1. The molecule has 0 aromatic heterocycles. The zero-order valence-corrected chi connectivity index (χ0v) is 12.8. The summed E-state index contributed by atoms with van der Waals surface area (Å²) in [5.74, 6) is 3.10. The number of hydrogen-bond acceptors (Lipinski definition) is 2. The quantitative estimate of drug-likeness (QED) is 0.757. The Morgan fingerprint density at radius 3 is 2.58 bits per heavy atom. The van der Waals surface area contributed by atoms with Crippen LogP contribution in [0.1, 0.15) is 64.7 Å². The highest BCUT2D eigenvalue weighted by atomic mass is 16.5. The van der Waals surface area contributed by atoms with Crippen molar-refractivity contribution < 1.29 is 4.74 Å². The van der Waals surface area contributed by atoms with E-state index in [1.807, 2.05) is 7.11 Å². The number of rotatable bonds is 7. The summed E-state index contributed by atoms with van der Waals surface area (Å²) in [5.41, 5.74) is 0.178. The topological polar surface area (TPSA) is 21.3 Å². The van der Waals surface area contributed by atoms with E-state index in [1.54, 1.807) is 0 Å². The first-order chi connectivity index (χ1) is 9.27. The Bertz CT molecular complexity index is 294. The zero-order valence-electron chi connectivity index (χ0n) is 12.8. The molecule has 3 saturated carbocycles. The van der Waals surface area contributed by atoms with Crippen LogP contribution in [0.25, 0.3) is 0 Å². The maximum Gasteiger partial charge on any atom is 0.0831 e. The van der Waals surface area contributed by atoms with Gasteiger partial charge in [-0.05, 0) is 75.7 Å². The molecule has 19 heavy (non-hydrogen) atoms. The van der Waals surface area contributed by atoms with Gasteiger partial charge >= 0.3 is 0 Å². The molecule has 1 N–H and O–H groups in total. The fourth-order valence-electron chi connectivity index (χ4n) is 4.99. The lowest BCUT2D eigenvalue weighted by atomic mass is 9.70. The number of fused-ring (bicyclic) bond motifs is 2. The summed E-state index contributed by atoms with van der Waals surface area (Å²) < 4.78 is 5.96. The van der Waals surface area contributed by atoms with Crippen LogP contribution in [0.15, 0.2) is 0 Å². The van der Waals surface area contributed by atoms with Crippen LogP contribution in [0.4, 0.5) is 0 Å². The average molecular weight is 265 g/mol. The first-order valence-electron chi connectivity index (χ1n) is 8.56. The summed E-state index contributed by atoms with van der Waals surface area (Å²) in [7, 11) is 1.93. The van der Waals surface area contributed by atoms with Gasteiger partial charge in [-0.25, -0.2) is 0 Å². The summed E-state index contributed by atoms with van der Waals surface area (Å²) in [6, 6.07) is 0.607. The first kappa shape index (κ1) is 13.9. The fourth-order valence-corrected chi connectivity index (χ4v) is 4.99. The number of hydrogen-bond donors (Lipinski definition) is 1. The first-order valence-corrected chi connectivity index (χ1v) is 8.56. The van der Waals surface area contributed by atoms with Crippen molar-refractivity contribution in [2.24, 2.45) is 17.8 Å². The Kier molecular flexibility index (Phi) is 4.19. The number of methoxy groups -OCH3 is 1. The third kappa shape index (κ3) is 2.58. The maximum atomic E-state index is 5.96. The maximum absolute atomic E-state index is 5.96. The Balaban J connectivity index is 1.62. The van der Waals surface area contributed by atoms with Crippen LogP contribution in [-0.2, 0) is 4.74 Å². The minimum Gasteiger partial charge on any atom is -0.377 e. The van der Waals surface area contributed by atoms with Crippen molar-refractivity contribution in [3.05, 3.63) is 0 Å². The van der Waals surface area contributed by atoms with Crippen LogP contribution in [-0.4, -0.2) is 25.3 Å². The molecule has 0 saturated heterocycles. The molecule has 0 amide bonds. The van der Waals surface area contributed by atoms with Gasteiger partial charge in [0.15, 0.2) is 0 Å². The van der Waals surface area contributed by atoms with E-state index in [9.17, 15) is 0 Å². The molecule has 2 heteroatoms. The van der Waals surface area contributed by atoms with Crippen molar-refractivity contribution in [3.8, 4) is 0 Å². The summed E-state index contributed by atoms with van der Waals surface area (Å²) in [6.45, 7) is 3.42. The molecule has 0 spiro atoms. The van der Waals surface area contributed by atoms with E-state index in [4.69, 9.17) is 4.74 Å². The summed E-state index contributed by atoms with van der Waals surface area (Å²) >= 11 is 0. The normalized spacial score (nSPS) is 37.3. The van der Waals surface area contributed by atoms with Crippen molar-refractivity contribution in [1.82, 2.24) is 5.32 Å². The van der Waals surface area contributed by atoms with Gasteiger partial charge in [0.1, 0.15) is 0 Å². The average Bonchev–Trinajstić information content (AvgIpc) is 2.97. The molecule has 0 aromatic carbocycles. The molecule has 0 aliphatic heterocycles. The summed E-state index contributed by atoms with van der Waals surface area (Å²) in [6.07, 6.45) is 12.6. The molecule has 110 valence electrons. The Labute approximate surface area is 118 Å². The fraction of sp³-hybridized carbons (Fsp3) is 1.00. The van der Waals surface area contributed by atoms with Crippen LogP contribution in [0.2, 0.25) is 0 Å². The van der Waals surface area contributed by atoms with Crippen LogP contribution >= 0.6 is 0 Å². The van der Waals surface area contributed by atoms with Gasteiger partial charge in [0, 0.05) is 13.2 Å². The van der Waals surface area contributed by atoms with Crippen molar-refractivity contribution >= 4 is 0 Å². The van der Waals surface area contributed by atoms with Gasteiger partial charge in [0.2, 0.25) is 0 Å². The predicted molar refractivity (Wildman–Crippen MR) is 79.2 cm³/mol. The molecule has 3 aliphatic carbocycles. The van der Waals surface area contributed by atoms with Gasteiger partial charge in [-0.2, -0.15) is 0 Å². The van der Waals surface area contributed by atoms with Crippen molar-refractivity contribution in [2.45, 2.75) is 76.4 Å². The molecule has 0 heterocycles. The molecule has 3 aliphatic rings. The Hall–Kier alpha value is -0.0800. The monoisotopic (exact) mass is 265 g/mol. The highest BCUT2D eigenvalue weighted by Gasteiger charge is 2.47. The smallest absolute Gasteiger partial charge is 0.0831 e. The van der Waals surface area contributed by atoms with E-state index < -0.39 is 0 Å². The second-order valence-electron chi connectivity index (χ2n) is 7.30. The van der Waals surface area contributed by atoms with E-state index in [0.29, 0.717) is 6.04 Å². The third-order valence-electron chi connectivity index (χ3n) is 6.31. The molecule has 3 rings (SSSR count). The van der Waals surface area contributed by atoms with E-state index in [1.165, 1.54) is 57.8 Å². The lowest BCUT2D eigenvalue weighted by molar-refractivity contribution is -0.104. The highest BCUT2D eigenvalue weighted by molar-refractivity contribution is 5.02. The molecule has 3 fully saturated rings. The second kappa shape index (κ2) is 5.73.